The van der Waals surface area contributed by atoms with Gasteiger partial charge in [-0.3, -0.25) is 9.69 Å². The van der Waals surface area contributed by atoms with Gasteiger partial charge >= 0.3 is 0 Å². The van der Waals surface area contributed by atoms with Crippen molar-refractivity contribution >= 4 is 46.3 Å². The minimum absolute atomic E-state index is 0.213. The van der Waals surface area contributed by atoms with E-state index in [1.54, 1.807) is 38.1 Å². The van der Waals surface area contributed by atoms with Crippen LogP contribution in [0.2, 0.25) is 0 Å². The second kappa shape index (κ2) is 9.23. The van der Waals surface area contributed by atoms with Crippen LogP contribution in [0.15, 0.2) is 23.1 Å². The Morgan fingerprint density at radius 1 is 1.26 bits per heavy atom. The number of nitrogens with zero attached hydrogens (tertiary/aromatic N) is 1. The largest absolute Gasteiger partial charge is 0.548 e. The molecule has 0 aliphatic carbocycles. The van der Waals surface area contributed by atoms with Gasteiger partial charge in [0.1, 0.15) is 4.32 Å². The predicted octanol–water partition coefficient (Wildman–Crippen LogP) is 2.46. The lowest BCUT2D eigenvalue weighted by Gasteiger charge is -2.30. The molecule has 0 bridgehead atoms. The van der Waals surface area contributed by atoms with E-state index in [0.717, 1.165) is 22.2 Å². The number of hydrogen-bond donors (Lipinski definition) is 0. The molecule has 1 aromatic rings. The molecule has 1 fully saturated rings. The number of benzene rings is 1. The topological polar surface area (TPSA) is 78.9 Å². The summed E-state index contributed by atoms with van der Waals surface area (Å²) in [5, 5.41) is 11.5. The van der Waals surface area contributed by atoms with Gasteiger partial charge in [-0.25, -0.2) is 0 Å². The summed E-state index contributed by atoms with van der Waals surface area (Å²) < 4.78 is 11.3. The molecule has 0 N–H and O–H groups in total. The molecule has 1 atom stereocenters. The first-order chi connectivity index (χ1) is 12.8. The molecule has 8 heteroatoms. The number of carbonyl (C=O) groups excluding carboxylic acids is 2. The van der Waals surface area contributed by atoms with Crippen molar-refractivity contribution in [2.45, 2.75) is 33.7 Å². The number of aliphatic carboxylic acids is 1. The summed E-state index contributed by atoms with van der Waals surface area (Å²) in [6, 6.07) is 4.26. The summed E-state index contributed by atoms with van der Waals surface area (Å²) in [4.78, 5) is 25.7. The molecule has 2 rings (SSSR count). The third kappa shape index (κ3) is 4.81. The third-order valence-electron chi connectivity index (χ3n) is 3.84. The van der Waals surface area contributed by atoms with E-state index in [9.17, 15) is 14.7 Å². The van der Waals surface area contributed by atoms with Crippen LogP contribution >= 0.6 is 24.0 Å². The molecule has 146 valence electrons. The second-order valence-electron chi connectivity index (χ2n) is 6.13. The van der Waals surface area contributed by atoms with Crippen molar-refractivity contribution in [1.29, 1.82) is 0 Å². The molecule has 1 aliphatic rings. The normalized spacial score (nSPS) is 16.9. The number of ether oxygens (including phenoxy) is 2. The van der Waals surface area contributed by atoms with Crippen molar-refractivity contribution in [3.63, 3.8) is 0 Å². The number of hydrogen-bond acceptors (Lipinski definition) is 7. The molecule has 1 aliphatic heterocycles. The van der Waals surface area contributed by atoms with E-state index in [0.29, 0.717) is 29.6 Å². The molecule has 1 amide bonds. The van der Waals surface area contributed by atoms with Gasteiger partial charge in [-0.15, -0.1) is 0 Å². The molecule has 0 spiro atoms. The predicted molar refractivity (Wildman–Crippen MR) is 107 cm³/mol. The van der Waals surface area contributed by atoms with Gasteiger partial charge in [-0.2, -0.15) is 0 Å². The number of thiocarbonyl (C=S) groups is 1. The summed E-state index contributed by atoms with van der Waals surface area (Å²) in [6.45, 7) is 8.18. The number of thioether (sulfide) groups is 1. The lowest BCUT2D eigenvalue weighted by atomic mass is 10.0. The van der Waals surface area contributed by atoms with Crippen LogP contribution in [0.3, 0.4) is 0 Å². The summed E-state index contributed by atoms with van der Waals surface area (Å²) in [5.41, 5.74) is 0.733. The minimum atomic E-state index is -1.32. The zero-order chi connectivity index (χ0) is 20.1. The van der Waals surface area contributed by atoms with Crippen LogP contribution in [0.4, 0.5) is 0 Å². The van der Waals surface area contributed by atoms with Crippen LogP contribution < -0.4 is 14.6 Å². The molecule has 27 heavy (non-hydrogen) atoms. The molecule has 6 nitrogen and oxygen atoms in total. The lowest BCUT2D eigenvalue weighted by Crippen LogP contribution is -2.52. The number of carboxylic acids is 1. The fourth-order valence-corrected chi connectivity index (χ4v) is 4.03. The highest BCUT2D eigenvalue weighted by molar-refractivity contribution is 8.26. The molecule has 0 radical (unpaired) electrons. The number of carbonyl (C=O) groups is 2. The summed E-state index contributed by atoms with van der Waals surface area (Å²) >= 11 is 6.32. The van der Waals surface area contributed by atoms with Gasteiger partial charge in [-0.1, -0.05) is 43.9 Å². The van der Waals surface area contributed by atoms with E-state index in [1.165, 1.54) is 0 Å². The fraction of sp³-hybridized carbons (Fsp3) is 0.421. The zero-order valence-electron chi connectivity index (χ0n) is 15.7. The van der Waals surface area contributed by atoms with Crippen LogP contribution in [0, 0.1) is 5.92 Å². The van der Waals surface area contributed by atoms with E-state index < -0.39 is 17.9 Å². The van der Waals surface area contributed by atoms with Gasteiger partial charge in [0.05, 0.1) is 30.1 Å². The Bertz CT molecular complexity index is 775. The third-order valence-corrected chi connectivity index (χ3v) is 5.17. The monoisotopic (exact) mass is 408 g/mol. The summed E-state index contributed by atoms with van der Waals surface area (Å²) in [7, 11) is 0. The number of amides is 1. The molecular formula is C19H22NO5S2-. The first-order valence-corrected chi connectivity index (χ1v) is 9.90. The molecule has 0 unspecified atom stereocenters. The van der Waals surface area contributed by atoms with Crippen molar-refractivity contribution in [3.05, 3.63) is 28.7 Å². The summed E-state index contributed by atoms with van der Waals surface area (Å²) in [6.07, 6.45) is 1.67. The Balaban J connectivity index is 2.34. The van der Waals surface area contributed by atoms with Crippen molar-refractivity contribution in [1.82, 2.24) is 4.90 Å². The average Bonchev–Trinajstić information content (AvgIpc) is 2.85. The molecule has 1 aromatic carbocycles. The smallest absolute Gasteiger partial charge is 0.266 e. The maximum Gasteiger partial charge on any atom is 0.266 e. The van der Waals surface area contributed by atoms with Crippen molar-refractivity contribution in [2.75, 3.05) is 13.2 Å². The van der Waals surface area contributed by atoms with Gasteiger partial charge in [0.15, 0.2) is 11.5 Å². The van der Waals surface area contributed by atoms with E-state index in [-0.39, 0.29) is 10.2 Å². The SMILES string of the molecule is CCOc1ccc(/C=C2\SC(=S)N([C@@H](C(=O)[O-])C(C)C)C2=O)cc1OCC. The minimum Gasteiger partial charge on any atom is -0.548 e. The molecular weight excluding hydrogens is 386 g/mol. The van der Waals surface area contributed by atoms with Crippen molar-refractivity contribution in [2.24, 2.45) is 5.92 Å². The Hall–Kier alpha value is -2.06. The lowest BCUT2D eigenvalue weighted by molar-refractivity contribution is -0.311. The van der Waals surface area contributed by atoms with Crippen molar-refractivity contribution < 1.29 is 24.2 Å². The zero-order valence-corrected chi connectivity index (χ0v) is 17.3. The van der Waals surface area contributed by atoms with Crippen LogP contribution in [-0.2, 0) is 9.59 Å². The van der Waals surface area contributed by atoms with Gasteiger partial charge in [0, 0.05) is 0 Å². The van der Waals surface area contributed by atoms with Crippen molar-refractivity contribution in [3.8, 4) is 11.5 Å². The van der Waals surface area contributed by atoms with Crippen LogP contribution in [-0.4, -0.2) is 40.4 Å². The Morgan fingerprint density at radius 3 is 2.44 bits per heavy atom. The van der Waals surface area contributed by atoms with E-state index in [1.807, 2.05) is 13.8 Å². The number of carboxylic acid groups (broad SMARTS) is 1. The molecule has 1 heterocycles. The quantitative estimate of drug-likeness (QED) is 0.483. The van der Waals surface area contributed by atoms with Gasteiger partial charge in [0.25, 0.3) is 5.91 Å². The maximum atomic E-state index is 12.8. The first-order valence-electron chi connectivity index (χ1n) is 8.67. The molecule has 0 saturated carbocycles. The standard InChI is InChI=1S/C19H23NO5S2/c1-5-24-13-8-7-12(9-14(13)25-6-2)10-15-17(21)20(19(26)27-15)16(11(3)4)18(22)23/h7-11,16H,5-6H2,1-4H3,(H,22,23)/p-1/b15-10-/t16-/m1/s1. The Kier molecular flexibility index (Phi) is 7.26. The fourth-order valence-electron chi connectivity index (χ4n) is 2.70. The Labute approximate surface area is 168 Å². The van der Waals surface area contributed by atoms with E-state index >= 15 is 0 Å². The van der Waals surface area contributed by atoms with Gasteiger partial charge in [0.2, 0.25) is 0 Å². The van der Waals surface area contributed by atoms with Gasteiger partial charge in [-0.05, 0) is 43.5 Å². The highest BCUT2D eigenvalue weighted by Crippen LogP contribution is 2.36. The maximum absolute atomic E-state index is 12.8. The summed E-state index contributed by atoms with van der Waals surface area (Å²) in [5.74, 6) is -0.867. The molecule has 1 saturated heterocycles. The average molecular weight is 409 g/mol. The van der Waals surface area contributed by atoms with Crippen LogP contribution in [0.1, 0.15) is 33.3 Å². The number of rotatable bonds is 8. The second-order valence-corrected chi connectivity index (χ2v) is 7.81. The Morgan fingerprint density at radius 2 is 1.89 bits per heavy atom. The highest BCUT2D eigenvalue weighted by atomic mass is 32.2. The van der Waals surface area contributed by atoms with Crippen LogP contribution in [0.25, 0.3) is 6.08 Å². The van der Waals surface area contributed by atoms with Gasteiger partial charge < -0.3 is 19.4 Å². The van der Waals surface area contributed by atoms with E-state index in [4.69, 9.17) is 21.7 Å². The van der Waals surface area contributed by atoms with E-state index in [2.05, 4.69) is 0 Å². The first kappa shape index (κ1) is 21.2. The highest BCUT2D eigenvalue weighted by Gasteiger charge is 2.39. The molecule has 0 aromatic heterocycles. The van der Waals surface area contributed by atoms with Crippen LogP contribution in [0.5, 0.6) is 11.5 Å².